The van der Waals surface area contributed by atoms with Crippen LogP contribution in [0.25, 0.3) is 0 Å². The molecule has 0 radical (unpaired) electrons. The van der Waals surface area contributed by atoms with Gasteiger partial charge in [-0.1, -0.05) is 0 Å². The van der Waals surface area contributed by atoms with E-state index in [0.29, 0.717) is 24.4 Å². The van der Waals surface area contributed by atoms with Gasteiger partial charge < -0.3 is 20.1 Å². The molecule has 0 aliphatic rings. The number of likely N-dealkylation sites (N-methyl/N-ethyl adjacent to an activating group) is 1. The minimum absolute atomic E-state index is 0.296. The third kappa shape index (κ3) is 6.67. The van der Waals surface area contributed by atoms with Crippen LogP contribution in [0.1, 0.15) is 10.4 Å². The van der Waals surface area contributed by atoms with Crippen LogP contribution in [-0.4, -0.2) is 55.1 Å². The zero-order valence-electron chi connectivity index (χ0n) is 12.4. The molecule has 0 bridgehead atoms. The van der Waals surface area contributed by atoms with Gasteiger partial charge in [0.1, 0.15) is 6.61 Å². The Hall–Kier alpha value is -2.67. The average Bonchev–Trinajstić information content (AvgIpc) is 2.45. The molecule has 1 aromatic rings. The van der Waals surface area contributed by atoms with Gasteiger partial charge in [0.05, 0.1) is 5.56 Å². The van der Waals surface area contributed by atoms with Crippen LogP contribution in [0.15, 0.2) is 36.4 Å². The molecule has 0 unspecified atom stereocenters. The number of carboxylic acids is 1. The monoisotopic (exact) mass is 306 g/mol. The van der Waals surface area contributed by atoms with Gasteiger partial charge in [0.25, 0.3) is 0 Å². The van der Waals surface area contributed by atoms with E-state index in [4.69, 9.17) is 9.84 Å². The first kappa shape index (κ1) is 17.4. The number of ether oxygens (including phenoxy) is 1. The van der Waals surface area contributed by atoms with E-state index >= 15 is 0 Å². The molecule has 0 spiro atoms. The van der Waals surface area contributed by atoms with E-state index in [1.807, 2.05) is 19.0 Å². The second-order valence-electron chi connectivity index (χ2n) is 4.68. The standard InChI is InChI=1S/C15H18N2O5/c1-17(2)9-10-22-15(21)11-3-5-12(6-4-11)16-13(18)7-8-14(19)20/h3-8H,9-10H2,1-2H3,(H,16,18)(H,19,20)/b8-7-. The minimum Gasteiger partial charge on any atom is -0.478 e. The molecular weight excluding hydrogens is 288 g/mol. The highest BCUT2D eigenvalue weighted by atomic mass is 16.5. The molecule has 7 nitrogen and oxygen atoms in total. The first-order valence-electron chi connectivity index (χ1n) is 6.52. The van der Waals surface area contributed by atoms with Crippen LogP contribution in [0.2, 0.25) is 0 Å². The fraction of sp³-hybridized carbons (Fsp3) is 0.267. The fourth-order valence-corrected chi connectivity index (χ4v) is 1.42. The number of benzene rings is 1. The molecule has 0 aliphatic carbocycles. The Morgan fingerprint density at radius 1 is 1.18 bits per heavy atom. The van der Waals surface area contributed by atoms with Crippen molar-refractivity contribution in [3.05, 3.63) is 42.0 Å². The van der Waals surface area contributed by atoms with Crippen LogP contribution in [0.3, 0.4) is 0 Å². The number of nitrogens with one attached hydrogen (secondary N) is 1. The number of carboxylic acid groups (broad SMARTS) is 1. The van der Waals surface area contributed by atoms with Crippen molar-refractivity contribution < 1.29 is 24.2 Å². The van der Waals surface area contributed by atoms with Crippen LogP contribution in [0, 0.1) is 0 Å². The second-order valence-corrected chi connectivity index (χ2v) is 4.68. The maximum absolute atomic E-state index is 11.7. The van der Waals surface area contributed by atoms with Gasteiger partial charge in [0.2, 0.25) is 5.91 Å². The van der Waals surface area contributed by atoms with Crippen molar-refractivity contribution in [2.24, 2.45) is 0 Å². The Morgan fingerprint density at radius 2 is 1.82 bits per heavy atom. The molecule has 0 saturated carbocycles. The Kier molecular flexibility index (Phi) is 6.78. The molecule has 0 aromatic heterocycles. The number of amides is 1. The predicted molar refractivity (Wildman–Crippen MR) is 80.7 cm³/mol. The molecule has 0 heterocycles. The molecule has 118 valence electrons. The predicted octanol–water partition coefficient (Wildman–Crippen LogP) is 0.984. The fourth-order valence-electron chi connectivity index (χ4n) is 1.42. The molecule has 0 aliphatic heterocycles. The lowest BCUT2D eigenvalue weighted by Crippen LogP contribution is -2.20. The van der Waals surface area contributed by atoms with Gasteiger partial charge >= 0.3 is 11.9 Å². The van der Waals surface area contributed by atoms with Crippen LogP contribution >= 0.6 is 0 Å². The van der Waals surface area contributed by atoms with E-state index in [2.05, 4.69) is 5.32 Å². The Labute approximate surface area is 128 Å². The average molecular weight is 306 g/mol. The van der Waals surface area contributed by atoms with Crippen LogP contribution in [0.5, 0.6) is 0 Å². The van der Waals surface area contributed by atoms with E-state index in [-0.39, 0.29) is 0 Å². The molecule has 0 atom stereocenters. The summed E-state index contributed by atoms with van der Waals surface area (Å²) in [7, 11) is 3.76. The SMILES string of the molecule is CN(C)CCOC(=O)c1ccc(NC(=O)/C=C\C(=O)O)cc1. The highest BCUT2D eigenvalue weighted by molar-refractivity contribution is 6.02. The Balaban J connectivity index is 2.53. The van der Waals surface area contributed by atoms with Crippen LogP contribution in [0.4, 0.5) is 5.69 Å². The molecule has 1 aromatic carbocycles. The van der Waals surface area contributed by atoms with E-state index in [1.54, 1.807) is 0 Å². The smallest absolute Gasteiger partial charge is 0.338 e. The van der Waals surface area contributed by atoms with Gasteiger partial charge in [-0.3, -0.25) is 4.79 Å². The zero-order valence-corrected chi connectivity index (χ0v) is 12.4. The summed E-state index contributed by atoms with van der Waals surface area (Å²) in [4.78, 5) is 35.3. The summed E-state index contributed by atoms with van der Waals surface area (Å²) >= 11 is 0. The number of carbonyl (C=O) groups is 3. The maximum Gasteiger partial charge on any atom is 0.338 e. The van der Waals surface area contributed by atoms with Crippen LogP contribution < -0.4 is 5.32 Å². The summed E-state index contributed by atoms with van der Waals surface area (Å²) in [5.41, 5.74) is 0.822. The van der Waals surface area contributed by atoms with Crippen molar-refractivity contribution in [3.8, 4) is 0 Å². The topological polar surface area (TPSA) is 95.9 Å². The largest absolute Gasteiger partial charge is 0.478 e. The first-order valence-corrected chi connectivity index (χ1v) is 6.52. The number of anilines is 1. The lowest BCUT2D eigenvalue weighted by molar-refractivity contribution is -0.131. The molecule has 0 fully saturated rings. The number of carbonyl (C=O) groups excluding carboxylic acids is 2. The molecular formula is C15H18N2O5. The van der Waals surface area contributed by atoms with Crippen molar-refractivity contribution >= 4 is 23.5 Å². The quantitative estimate of drug-likeness (QED) is 0.576. The lowest BCUT2D eigenvalue weighted by Gasteiger charge is -2.10. The summed E-state index contributed by atoms with van der Waals surface area (Å²) in [5.74, 6) is -2.21. The van der Waals surface area contributed by atoms with Gasteiger partial charge in [0.15, 0.2) is 0 Å². The number of aliphatic carboxylic acids is 1. The second kappa shape index (κ2) is 8.58. The van der Waals surface area contributed by atoms with Crippen LogP contribution in [-0.2, 0) is 14.3 Å². The Bertz CT molecular complexity index is 564. The number of esters is 1. The van der Waals surface area contributed by atoms with Gasteiger partial charge in [-0.25, -0.2) is 9.59 Å². The maximum atomic E-state index is 11.7. The summed E-state index contributed by atoms with van der Waals surface area (Å²) in [5, 5.41) is 10.9. The highest BCUT2D eigenvalue weighted by Crippen LogP contribution is 2.10. The van der Waals surface area contributed by atoms with E-state index in [0.717, 1.165) is 12.2 Å². The third-order valence-electron chi connectivity index (χ3n) is 2.54. The van der Waals surface area contributed by atoms with Crippen molar-refractivity contribution in [1.29, 1.82) is 0 Å². The molecule has 1 amide bonds. The number of hydrogen-bond donors (Lipinski definition) is 2. The van der Waals surface area contributed by atoms with E-state index < -0.39 is 17.8 Å². The summed E-state index contributed by atoms with van der Waals surface area (Å²) in [6, 6.07) is 6.12. The molecule has 22 heavy (non-hydrogen) atoms. The normalized spacial score (nSPS) is 10.7. The van der Waals surface area contributed by atoms with Crippen molar-refractivity contribution in [2.75, 3.05) is 32.6 Å². The molecule has 7 heteroatoms. The first-order chi connectivity index (χ1) is 10.4. The van der Waals surface area contributed by atoms with E-state index in [9.17, 15) is 14.4 Å². The summed E-state index contributed by atoms with van der Waals surface area (Å²) in [6.07, 6.45) is 1.65. The molecule has 2 N–H and O–H groups in total. The third-order valence-corrected chi connectivity index (χ3v) is 2.54. The van der Waals surface area contributed by atoms with Crippen molar-refractivity contribution in [2.45, 2.75) is 0 Å². The zero-order chi connectivity index (χ0) is 16.5. The number of rotatable bonds is 7. The van der Waals surface area contributed by atoms with Gasteiger partial charge in [-0.2, -0.15) is 0 Å². The minimum atomic E-state index is -1.20. The van der Waals surface area contributed by atoms with Crippen molar-refractivity contribution in [1.82, 2.24) is 4.90 Å². The molecule has 0 saturated heterocycles. The van der Waals surface area contributed by atoms with Gasteiger partial charge in [-0.05, 0) is 38.4 Å². The number of nitrogens with zero attached hydrogens (tertiary/aromatic N) is 1. The number of hydrogen-bond acceptors (Lipinski definition) is 5. The van der Waals surface area contributed by atoms with Gasteiger partial charge in [-0.15, -0.1) is 0 Å². The molecule has 1 rings (SSSR count). The Morgan fingerprint density at radius 3 is 2.36 bits per heavy atom. The lowest BCUT2D eigenvalue weighted by atomic mass is 10.2. The van der Waals surface area contributed by atoms with Gasteiger partial charge in [0, 0.05) is 24.4 Å². The van der Waals surface area contributed by atoms with E-state index in [1.165, 1.54) is 24.3 Å². The van der Waals surface area contributed by atoms with Crippen molar-refractivity contribution in [3.63, 3.8) is 0 Å². The summed E-state index contributed by atoms with van der Waals surface area (Å²) < 4.78 is 5.08. The highest BCUT2D eigenvalue weighted by Gasteiger charge is 2.07. The summed E-state index contributed by atoms with van der Waals surface area (Å²) in [6.45, 7) is 0.931.